The largest absolute Gasteiger partial charge is 0.384 e. The maximum Gasteiger partial charge on any atom is 0.251 e. The van der Waals surface area contributed by atoms with Gasteiger partial charge in [0.2, 0.25) is 10.0 Å². The number of carbonyl (C=O) groups excluding carboxylic acids is 1. The van der Waals surface area contributed by atoms with Crippen molar-refractivity contribution in [2.24, 2.45) is 5.41 Å². The number of amides is 1. The number of benzene rings is 1. The van der Waals surface area contributed by atoms with Crippen LogP contribution >= 0.6 is 0 Å². The summed E-state index contributed by atoms with van der Waals surface area (Å²) in [5.74, 6) is -0.122. The molecule has 0 saturated carbocycles. The minimum atomic E-state index is -3.30. The standard InChI is InChI=1S/C19H29N3O4S/c1-26-14-19(7-9-20-10-8-19)13-21-18(23)16-5-6-17-15(12-16)4-3-11-22(17)27(2,24)25/h5-6,12,20H,3-4,7-11,13-14H2,1-2H3,(H,21,23). The Hall–Kier alpha value is -1.64. The predicted octanol–water partition coefficient (Wildman–Crippen LogP) is 1.14. The van der Waals surface area contributed by atoms with Gasteiger partial charge in [0.05, 0.1) is 18.6 Å². The Labute approximate surface area is 161 Å². The molecular weight excluding hydrogens is 366 g/mol. The van der Waals surface area contributed by atoms with E-state index in [-0.39, 0.29) is 11.3 Å². The molecule has 0 aromatic heterocycles. The summed E-state index contributed by atoms with van der Waals surface area (Å²) in [4.78, 5) is 12.7. The molecule has 3 rings (SSSR count). The molecule has 150 valence electrons. The maximum atomic E-state index is 12.7. The van der Waals surface area contributed by atoms with Crippen LogP contribution in [0.4, 0.5) is 5.69 Å². The second kappa shape index (κ2) is 8.16. The molecule has 2 aliphatic heterocycles. The molecule has 0 spiro atoms. The van der Waals surface area contributed by atoms with Crippen molar-refractivity contribution >= 4 is 21.6 Å². The Morgan fingerprint density at radius 3 is 2.74 bits per heavy atom. The quantitative estimate of drug-likeness (QED) is 0.754. The fourth-order valence-corrected chi connectivity index (χ4v) is 5.05. The van der Waals surface area contributed by atoms with Gasteiger partial charge in [-0.25, -0.2) is 8.42 Å². The molecule has 0 unspecified atom stereocenters. The molecule has 8 heteroatoms. The summed E-state index contributed by atoms with van der Waals surface area (Å²) in [5.41, 5.74) is 2.14. The van der Waals surface area contributed by atoms with Gasteiger partial charge >= 0.3 is 0 Å². The SMILES string of the molecule is COCC1(CNC(=O)c2ccc3c(c2)CCCN3S(C)(=O)=O)CCNCC1. The lowest BCUT2D eigenvalue weighted by Crippen LogP contribution is -2.47. The highest BCUT2D eigenvalue weighted by Crippen LogP contribution is 2.31. The number of hydrogen-bond donors (Lipinski definition) is 2. The third kappa shape index (κ3) is 4.62. The summed E-state index contributed by atoms with van der Waals surface area (Å²) < 4.78 is 30.8. The van der Waals surface area contributed by atoms with Gasteiger partial charge in [0.1, 0.15) is 0 Å². The van der Waals surface area contributed by atoms with Crippen LogP contribution in [0.15, 0.2) is 18.2 Å². The average molecular weight is 396 g/mol. The van der Waals surface area contributed by atoms with Crippen molar-refractivity contribution in [2.75, 3.05) is 50.5 Å². The fraction of sp³-hybridized carbons (Fsp3) is 0.632. The number of sulfonamides is 1. The molecule has 1 aromatic carbocycles. The number of carbonyl (C=O) groups is 1. The lowest BCUT2D eigenvalue weighted by Gasteiger charge is -2.37. The van der Waals surface area contributed by atoms with Crippen molar-refractivity contribution in [1.82, 2.24) is 10.6 Å². The normalized spacial score (nSPS) is 19.4. The van der Waals surface area contributed by atoms with E-state index in [9.17, 15) is 13.2 Å². The molecule has 2 N–H and O–H groups in total. The minimum absolute atomic E-state index is 0.0308. The molecule has 1 fully saturated rings. The van der Waals surface area contributed by atoms with Crippen LogP contribution in [0.2, 0.25) is 0 Å². The van der Waals surface area contributed by atoms with Gasteiger partial charge in [-0.3, -0.25) is 9.10 Å². The smallest absolute Gasteiger partial charge is 0.251 e. The molecule has 1 saturated heterocycles. The highest BCUT2D eigenvalue weighted by molar-refractivity contribution is 7.92. The summed E-state index contributed by atoms with van der Waals surface area (Å²) in [6.07, 6.45) is 4.69. The van der Waals surface area contributed by atoms with E-state index in [4.69, 9.17) is 4.74 Å². The number of methoxy groups -OCH3 is 1. The molecular formula is C19H29N3O4S. The van der Waals surface area contributed by atoms with Crippen LogP contribution in [-0.4, -0.2) is 60.5 Å². The molecule has 0 atom stereocenters. The van der Waals surface area contributed by atoms with Crippen molar-refractivity contribution in [3.8, 4) is 0 Å². The lowest BCUT2D eigenvalue weighted by atomic mass is 9.79. The topological polar surface area (TPSA) is 87.7 Å². The van der Waals surface area contributed by atoms with Gasteiger partial charge in [-0.15, -0.1) is 0 Å². The first-order chi connectivity index (χ1) is 12.8. The van der Waals surface area contributed by atoms with Crippen LogP contribution < -0.4 is 14.9 Å². The van der Waals surface area contributed by atoms with Crippen LogP contribution in [-0.2, 0) is 21.2 Å². The third-order valence-electron chi connectivity index (χ3n) is 5.56. The molecule has 0 bridgehead atoms. The number of hydrogen-bond acceptors (Lipinski definition) is 5. The molecule has 1 aromatic rings. The van der Waals surface area contributed by atoms with E-state index < -0.39 is 10.0 Å². The molecule has 1 amide bonds. The number of rotatable bonds is 6. The van der Waals surface area contributed by atoms with Gasteiger partial charge in [-0.05, 0) is 62.5 Å². The zero-order valence-corrected chi connectivity index (χ0v) is 16.9. The zero-order valence-electron chi connectivity index (χ0n) is 16.1. The monoisotopic (exact) mass is 395 g/mol. The van der Waals surface area contributed by atoms with Crippen LogP contribution in [0, 0.1) is 5.41 Å². The highest BCUT2D eigenvalue weighted by atomic mass is 32.2. The number of anilines is 1. The highest BCUT2D eigenvalue weighted by Gasteiger charge is 2.32. The van der Waals surface area contributed by atoms with Crippen LogP contribution in [0.25, 0.3) is 0 Å². The molecule has 2 heterocycles. The number of fused-ring (bicyclic) bond motifs is 1. The Morgan fingerprint density at radius 2 is 2.07 bits per heavy atom. The summed E-state index contributed by atoms with van der Waals surface area (Å²) in [6, 6.07) is 5.29. The minimum Gasteiger partial charge on any atom is -0.384 e. The van der Waals surface area contributed by atoms with Gasteiger partial charge in [-0.2, -0.15) is 0 Å². The lowest BCUT2D eigenvalue weighted by molar-refractivity contribution is 0.0511. The van der Waals surface area contributed by atoms with E-state index in [0.717, 1.165) is 44.3 Å². The van der Waals surface area contributed by atoms with Crippen molar-refractivity contribution in [3.63, 3.8) is 0 Å². The second-order valence-corrected chi connectivity index (χ2v) is 9.55. The Balaban J connectivity index is 1.72. The summed E-state index contributed by atoms with van der Waals surface area (Å²) in [7, 11) is -1.60. The summed E-state index contributed by atoms with van der Waals surface area (Å²) in [6.45, 7) is 3.56. The van der Waals surface area contributed by atoms with Crippen molar-refractivity contribution in [1.29, 1.82) is 0 Å². The number of nitrogens with zero attached hydrogens (tertiary/aromatic N) is 1. The Morgan fingerprint density at radius 1 is 1.33 bits per heavy atom. The van der Waals surface area contributed by atoms with Crippen LogP contribution in [0.5, 0.6) is 0 Å². The van der Waals surface area contributed by atoms with E-state index in [1.807, 2.05) is 6.07 Å². The zero-order chi connectivity index (χ0) is 19.5. The van der Waals surface area contributed by atoms with Gasteiger partial charge < -0.3 is 15.4 Å². The number of piperidine rings is 1. The molecule has 2 aliphatic rings. The maximum absolute atomic E-state index is 12.7. The van der Waals surface area contributed by atoms with Crippen molar-refractivity contribution in [2.45, 2.75) is 25.7 Å². The molecule has 0 aliphatic carbocycles. The first-order valence-electron chi connectivity index (χ1n) is 9.43. The van der Waals surface area contributed by atoms with E-state index in [1.54, 1.807) is 19.2 Å². The average Bonchev–Trinajstić information content (AvgIpc) is 2.65. The fourth-order valence-electron chi connectivity index (χ4n) is 4.05. The Bertz CT molecular complexity index is 783. The van der Waals surface area contributed by atoms with E-state index >= 15 is 0 Å². The van der Waals surface area contributed by atoms with Crippen molar-refractivity contribution in [3.05, 3.63) is 29.3 Å². The van der Waals surface area contributed by atoms with E-state index in [0.29, 0.717) is 30.9 Å². The van der Waals surface area contributed by atoms with Gasteiger partial charge in [0.15, 0.2) is 0 Å². The van der Waals surface area contributed by atoms with Gasteiger partial charge in [0.25, 0.3) is 5.91 Å². The predicted molar refractivity (Wildman–Crippen MR) is 106 cm³/mol. The summed E-state index contributed by atoms with van der Waals surface area (Å²) in [5, 5.41) is 6.41. The first kappa shape index (κ1) is 20.1. The number of nitrogens with one attached hydrogen (secondary N) is 2. The van der Waals surface area contributed by atoms with Gasteiger partial charge in [-0.1, -0.05) is 0 Å². The van der Waals surface area contributed by atoms with E-state index in [2.05, 4.69) is 10.6 Å². The van der Waals surface area contributed by atoms with E-state index in [1.165, 1.54) is 10.6 Å². The van der Waals surface area contributed by atoms with Crippen LogP contribution in [0.1, 0.15) is 35.2 Å². The number of aryl methyl sites for hydroxylation is 1. The summed E-state index contributed by atoms with van der Waals surface area (Å²) >= 11 is 0. The first-order valence-corrected chi connectivity index (χ1v) is 11.3. The third-order valence-corrected chi connectivity index (χ3v) is 6.74. The number of ether oxygens (including phenoxy) is 1. The Kier molecular flexibility index (Phi) is 6.08. The molecule has 27 heavy (non-hydrogen) atoms. The second-order valence-electron chi connectivity index (χ2n) is 7.65. The van der Waals surface area contributed by atoms with Gasteiger partial charge in [0, 0.05) is 31.2 Å². The molecule has 7 nitrogen and oxygen atoms in total. The van der Waals surface area contributed by atoms with Crippen LogP contribution in [0.3, 0.4) is 0 Å². The molecule has 0 radical (unpaired) electrons. The van der Waals surface area contributed by atoms with Crippen molar-refractivity contribution < 1.29 is 17.9 Å².